The molecule has 1 rings (SSSR count). The third-order valence-corrected chi connectivity index (χ3v) is 1.39. The Kier molecular flexibility index (Phi) is 1.68. The van der Waals surface area contributed by atoms with Crippen molar-refractivity contribution in [2.75, 3.05) is 19.7 Å². The lowest BCUT2D eigenvalue weighted by atomic mass is 9.95. The summed E-state index contributed by atoms with van der Waals surface area (Å²) >= 11 is 0. The van der Waals surface area contributed by atoms with E-state index in [0.717, 1.165) is 13.1 Å². The summed E-state index contributed by atoms with van der Waals surface area (Å²) in [5, 5.41) is 2.99. The minimum Gasteiger partial charge on any atom is -0.466 e. The molecule has 0 radical (unpaired) electrons. The van der Waals surface area contributed by atoms with Crippen molar-refractivity contribution in [3.05, 3.63) is 0 Å². The highest BCUT2D eigenvalue weighted by atomic mass is 16.5. The maximum absolute atomic E-state index is 9.69. The summed E-state index contributed by atoms with van der Waals surface area (Å²) in [5.41, 5.74) is 5.35. The summed E-state index contributed by atoms with van der Waals surface area (Å²) in [5.74, 6) is 0. The molecule has 0 aromatic rings. The molecule has 0 aromatic heterocycles. The molecular weight excluding hydrogens is 120 g/mol. The van der Waals surface area contributed by atoms with E-state index in [9.17, 15) is 4.79 Å². The second kappa shape index (κ2) is 2.33. The van der Waals surface area contributed by atoms with Crippen LogP contribution < -0.4 is 11.1 Å². The van der Waals surface area contributed by atoms with Gasteiger partial charge in [0, 0.05) is 13.1 Å². The van der Waals surface area contributed by atoms with Gasteiger partial charge in [-0.1, -0.05) is 0 Å². The van der Waals surface area contributed by atoms with Crippen LogP contribution in [0.1, 0.15) is 0 Å². The van der Waals surface area contributed by atoms with Crippen molar-refractivity contribution in [3.63, 3.8) is 0 Å². The zero-order valence-electron chi connectivity index (χ0n) is 5.09. The van der Waals surface area contributed by atoms with Gasteiger partial charge in [-0.25, -0.2) is 0 Å². The average molecular weight is 130 g/mol. The summed E-state index contributed by atoms with van der Waals surface area (Å²) in [6.45, 7) is 2.22. The third kappa shape index (κ3) is 1.40. The lowest BCUT2D eigenvalue weighted by Gasteiger charge is -2.37. The largest absolute Gasteiger partial charge is 0.466 e. The van der Waals surface area contributed by atoms with Crippen LogP contribution >= 0.6 is 0 Å². The SMILES string of the molecule is NC1(COC=O)CNC1. The highest BCUT2D eigenvalue weighted by Crippen LogP contribution is 2.05. The molecule has 1 aliphatic rings. The smallest absolute Gasteiger partial charge is 0.293 e. The molecule has 0 aliphatic carbocycles. The van der Waals surface area contributed by atoms with Gasteiger partial charge in [0.25, 0.3) is 6.47 Å². The van der Waals surface area contributed by atoms with E-state index in [-0.39, 0.29) is 5.54 Å². The molecule has 9 heavy (non-hydrogen) atoms. The van der Waals surface area contributed by atoms with Crippen LogP contribution in [0.15, 0.2) is 0 Å². The second-order valence-electron chi connectivity index (χ2n) is 2.37. The van der Waals surface area contributed by atoms with Gasteiger partial charge >= 0.3 is 0 Å². The molecule has 0 amide bonds. The number of nitrogens with two attached hydrogens (primary N) is 1. The van der Waals surface area contributed by atoms with Crippen molar-refractivity contribution >= 4 is 6.47 Å². The van der Waals surface area contributed by atoms with Crippen LogP contribution in [0.3, 0.4) is 0 Å². The van der Waals surface area contributed by atoms with Crippen molar-refractivity contribution in [3.8, 4) is 0 Å². The Morgan fingerprint density at radius 3 is 2.78 bits per heavy atom. The van der Waals surface area contributed by atoms with Crippen molar-refractivity contribution in [2.45, 2.75) is 5.54 Å². The predicted molar refractivity (Wildman–Crippen MR) is 31.8 cm³/mol. The van der Waals surface area contributed by atoms with E-state index in [1.807, 2.05) is 0 Å². The Morgan fingerprint density at radius 1 is 1.78 bits per heavy atom. The molecule has 4 nitrogen and oxygen atoms in total. The zero-order valence-corrected chi connectivity index (χ0v) is 5.09. The monoisotopic (exact) mass is 130 g/mol. The molecule has 0 aromatic carbocycles. The highest BCUT2D eigenvalue weighted by Gasteiger charge is 2.32. The van der Waals surface area contributed by atoms with Gasteiger partial charge in [0.2, 0.25) is 0 Å². The molecule has 1 aliphatic heterocycles. The van der Waals surface area contributed by atoms with Crippen LogP contribution in [-0.2, 0) is 9.53 Å². The van der Waals surface area contributed by atoms with Crippen LogP contribution in [0.2, 0.25) is 0 Å². The van der Waals surface area contributed by atoms with E-state index >= 15 is 0 Å². The molecule has 1 saturated heterocycles. The lowest BCUT2D eigenvalue weighted by molar-refractivity contribution is -0.131. The van der Waals surface area contributed by atoms with E-state index in [2.05, 4.69) is 10.1 Å². The number of rotatable bonds is 3. The van der Waals surface area contributed by atoms with E-state index < -0.39 is 0 Å². The Hall–Kier alpha value is -0.610. The third-order valence-electron chi connectivity index (χ3n) is 1.39. The van der Waals surface area contributed by atoms with Gasteiger partial charge in [-0.05, 0) is 0 Å². The van der Waals surface area contributed by atoms with E-state index in [1.165, 1.54) is 0 Å². The van der Waals surface area contributed by atoms with Crippen LogP contribution in [-0.4, -0.2) is 31.7 Å². The van der Waals surface area contributed by atoms with E-state index in [0.29, 0.717) is 13.1 Å². The maximum Gasteiger partial charge on any atom is 0.293 e. The molecule has 0 atom stereocenters. The first-order chi connectivity index (χ1) is 4.27. The number of carbonyl (C=O) groups is 1. The van der Waals surface area contributed by atoms with E-state index in [4.69, 9.17) is 5.73 Å². The Balaban J connectivity index is 2.16. The molecule has 52 valence electrons. The van der Waals surface area contributed by atoms with Gasteiger partial charge in [-0.2, -0.15) is 0 Å². The average Bonchev–Trinajstić information content (AvgIpc) is 1.79. The first kappa shape index (κ1) is 6.51. The van der Waals surface area contributed by atoms with Crippen molar-refractivity contribution in [2.24, 2.45) is 5.73 Å². The van der Waals surface area contributed by atoms with Gasteiger partial charge in [0.05, 0.1) is 5.54 Å². The minimum absolute atomic E-state index is 0.291. The van der Waals surface area contributed by atoms with Gasteiger partial charge in [-0.3, -0.25) is 4.79 Å². The minimum atomic E-state index is -0.291. The molecular formula is C5H10N2O2. The number of nitrogens with one attached hydrogen (secondary N) is 1. The highest BCUT2D eigenvalue weighted by molar-refractivity contribution is 5.37. The van der Waals surface area contributed by atoms with Gasteiger partial charge < -0.3 is 15.8 Å². The zero-order chi connectivity index (χ0) is 6.74. The first-order valence-electron chi connectivity index (χ1n) is 2.82. The first-order valence-corrected chi connectivity index (χ1v) is 2.82. The topological polar surface area (TPSA) is 64.3 Å². The molecule has 4 heteroatoms. The number of carbonyl (C=O) groups excluding carboxylic acids is 1. The summed E-state index contributed by atoms with van der Waals surface area (Å²) in [6.07, 6.45) is 0. The molecule has 3 N–H and O–H groups in total. The predicted octanol–water partition coefficient (Wildman–Crippen LogP) is -1.54. The van der Waals surface area contributed by atoms with Crippen molar-refractivity contribution in [1.82, 2.24) is 5.32 Å². The Morgan fingerprint density at radius 2 is 2.44 bits per heavy atom. The second-order valence-corrected chi connectivity index (χ2v) is 2.37. The van der Waals surface area contributed by atoms with Crippen molar-refractivity contribution in [1.29, 1.82) is 0 Å². The molecule has 0 spiro atoms. The summed E-state index contributed by atoms with van der Waals surface area (Å²) in [6, 6.07) is 0. The number of hydrogen-bond acceptors (Lipinski definition) is 4. The van der Waals surface area contributed by atoms with Gasteiger partial charge in [0.15, 0.2) is 0 Å². The Labute approximate surface area is 53.4 Å². The fourth-order valence-corrected chi connectivity index (χ4v) is 0.748. The van der Waals surface area contributed by atoms with Crippen molar-refractivity contribution < 1.29 is 9.53 Å². The fraction of sp³-hybridized carbons (Fsp3) is 0.800. The van der Waals surface area contributed by atoms with E-state index in [1.54, 1.807) is 0 Å². The lowest BCUT2D eigenvalue weighted by Crippen LogP contribution is -2.68. The Bertz CT molecular complexity index is 112. The quantitative estimate of drug-likeness (QED) is 0.454. The summed E-state index contributed by atoms with van der Waals surface area (Å²) in [4.78, 5) is 9.69. The van der Waals surface area contributed by atoms with Crippen LogP contribution in [0.25, 0.3) is 0 Å². The number of ether oxygens (including phenoxy) is 1. The normalized spacial score (nSPS) is 22.3. The molecule has 0 unspecified atom stereocenters. The number of hydrogen-bond donors (Lipinski definition) is 2. The fourth-order valence-electron chi connectivity index (χ4n) is 0.748. The van der Waals surface area contributed by atoms with Crippen LogP contribution in [0.5, 0.6) is 0 Å². The molecule has 0 bridgehead atoms. The summed E-state index contributed by atoms with van der Waals surface area (Å²) in [7, 11) is 0. The molecule has 1 fully saturated rings. The molecule has 0 saturated carbocycles. The van der Waals surface area contributed by atoms with Crippen LogP contribution in [0, 0.1) is 0 Å². The van der Waals surface area contributed by atoms with Crippen LogP contribution in [0.4, 0.5) is 0 Å². The van der Waals surface area contributed by atoms with Gasteiger partial charge in [-0.15, -0.1) is 0 Å². The maximum atomic E-state index is 9.69. The van der Waals surface area contributed by atoms with Gasteiger partial charge in [0.1, 0.15) is 6.61 Å². The molecule has 1 heterocycles. The standard InChI is InChI=1S/C5H10N2O2/c6-5(1-7-2-5)3-9-4-8/h4,7H,1-3,6H2. The summed E-state index contributed by atoms with van der Waals surface area (Å²) < 4.78 is 4.49.